The summed E-state index contributed by atoms with van der Waals surface area (Å²) in [7, 11) is 1.85. The van der Waals surface area contributed by atoms with Crippen LogP contribution in [-0.2, 0) is 7.05 Å². The lowest BCUT2D eigenvalue weighted by atomic mass is 10.1. The van der Waals surface area contributed by atoms with Crippen molar-refractivity contribution in [3.8, 4) is 0 Å². The number of nitrogen functional groups attached to an aromatic ring is 1. The second-order valence-corrected chi connectivity index (χ2v) is 5.77. The van der Waals surface area contributed by atoms with Crippen LogP contribution in [0.2, 0.25) is 0 Å². The van der Waals surface area contributed by atoms with Crippen molar-refractivity contribution in [1.29, 1.82) is 0 Å². The molecule has 1 aromatic rings. The largest absolute Gasteiger partial charge is 0.397 e. The normalized spacial score (nSPS) is 11.3. The third-order valence-corrected chi connectivity index (χ3v) is 2.70. The number of carbonyl (C=O) groups excluding carboxylic acids is 1. The molecule has 0 atom stereocenters. The summed E-state index contributed by atoms with van der Waals surface area (Å²) in [6, 6.07) is 1.75. The van der Waals surface area contributed by atoms with Crippen molar-refractivity contribution in [3.05, 3.63) is 18.0 Å². The molecule has 0 saturated heterocycles. The van der Waals surface area contributed by atoms with Gasteiger partial charge in [0.2, 0.25) is 0 Å². The van der Waals surface area contributed by atoms with Crippen LogP contribution < -0.4 is 5.73 Å². The van der Waals surface area contributed by atoms with E-state index < -0.39 is 0 Å². The summed E-state index contributed by atoms with van der Waals surface area (Å²) in [6.45, 7) is 10.1. The predicted octanol–water partition coefficient (Wildman–Crippen LogP) is 2.36. The third-order valence-electron chi connectivity index (χ3n) is 2.70. The first kappa shape index (κ1) is 14.6. The molecule has 0 saturated carbocycles. The molecule has 0 aliphatic carbocycles. The summed E-state index contributed by atoms with van der Waals surface area (Å²) in [4.78, 5) is 14.4. The van der Waals surface area contributed by atoms with Gasteiger partial charge in [-0.05, 0) is 17.9 Å². The van der Waals surface area contributed by atoms with Gasteiger partial charge in [0.15, 0.2) is 0 Å². The Hall–Kier alpha value is -1.45. The minimum atomic E-state index is 0.0663. The van der Waals surface area contributed by atoms with Crippen LogP contribution in [0.25, 0.3) is 0 Å². The van der Waals surface area contributed by atoms with Crippen molar-refractivity contribution >= 4 is 11.6 Å². The molecular weight excluding hydrogens is 226 g/mol. The van der Waals surface area contributed by atoms with Crippen LogP contribution in [0.5, 0.6) is 0 Å². The maximum Gasteiger partial charge on any atom is 0.270 e. The molecule has 4 heteroatoms. The number of amides is 1. The van der Waals surface area contributed by atoms with Crippen LogP contribution >= 0.6 is 0 Å². The van der Waals surface area contributed by atoms with E-state index in [0.717, 1.165) is 13.1 Å². The van der Waals surface area contributed by atoms with Crippen molar-refractivity contribution in [2.45, 2.75) is 27.7 Å². The summed E-state index contributed by atoms with van der Waals surface area (Å²) in [5.41, 5.74) is 7.02. The highest BCUT2D eigenvalue weighted by Crippen LogP contribution is 2.14. The van der Waals surface area contributed by atoms with Gasteiger partial charge in [-0.15, -0.1) is 0 Å². The Balaban J connectivity index is 2.91. The van der Waals surface area contributed by atoms with Crippen LogP contribution in [0.15, 0.2) is 12.3 Å². The van der Waals surface area contributed by atoms with Crippen LogP contribution in [-0.4, -0.2) is 28.5 Å². The van der Waals surface area contributed by atoms with E-state index in [1.54, 1.807) is 16.8 Å². The first-order valence-electron chi connectivity index (χ1n) is 6.52. The second-order valence-electron chi connectivity index (χ2n) is 5.77. The van der Waals surface area contributed by atoms with Gasteiger partial charge in [-0.25, -0.2) is 0 Å². The molecular formula is C14H25N3O. The first-order valence-corrected chi connectivity index (χ1v) is 6.52. The smallest absolute Gasteiger partial charge is 0.270 e. The van der Waals surface area contributed by atoms with E-state index in [9.17, 15) is 4.79 Å². The molecule has 18 heavy (non-hydrogen) atoms. The minimum absolute atomic E-state index is 0.0663. The molecule has 1 heterocycles. The monoisotopic (exact) mass is 251 g/mol. The molecule has 0 spiro atoms. The van der Waals surface area contributed by atoms with E-state index >= 15 is 0 Å². The van der Waals surface area contributed by atoms with Crippen molar-refractivity contribution in [3.63, 3.8) is 0 Å². The van der Waals surface area contributed by atoms with Gasteiger partial charge >= 0.3 is 0 Å². The van der Waals surface area contributed by atoms with E-state index in [0.29, 0.717) is 23.2 Å². The summed E-state index contributed by atoms with van der Waals surface area (Å²) >= 11 is 0. The van der Waals surface area contributed by atoms with Crippen molar-refractivity contribution in [2.75, 3.05) is 18.8 Å². The van der Waals surface area contributed by atoms with Gasteiger partial charge in [0.05, 0.1) is 5.69 Å². The van der Waals surface area contributed by atoms with E-state index in [1.807, 2.05) is 11.9 Å². The summed E-state index contributed by atoms with van der Waals surface area (Å²) in [5, 5.41) is 0. The molecule has 1 rings (SSSR count). The van der Waals surface area contributed by atoms with Gasteiger partial charge in [-0.2, -0.15) is 0 Å². The van der Waals surface area contributed by atoms with Gasteiger partial charge in [-0.1, -0.05) is 27.7 Å². The molecule has 1 aromatic heterocycles. The molecule has 0 aromatic carbocycles. The third kappa shape index (κ3) is 3.79. The highest BCUT2D eigenvalue weighted by molar-refractivity contribution is 5.93. The van der Waals surface area contributed by atoms with Crippen LogP contribution in [0.3, 0.4) is 0 Å². The Morgan fingerprint density at radius 2 is 1.78 bits per heavy atom. The zero-order valence-corrected chi connectivity index (χ0v) is 12.1. The number of rotatable bonds is 5. The number of aryl methyl sites for hydroxylation is 1. The number of aromatic nitrogens is 1. The van der Waals surface area contributed by atoms with Gasteiger partial charge in [0.1, 0.15) is 5.69 Å². The molecule has 102 valence electrons. The van der Waals surface area contributed by atoms with Crippen LogP contribution in [0, 0.1) is 11.8 Å². The maximum atomic E-state index is 12.5. The Bertz CT molecular complexity index is 397. The number of hydrogen-bond acceptors (Lipinski definition) is 2. The average molecular weight is 251 g/mol. The molecule has 0 radical (unpaired) electrons. The highest BCUT2D eigenvalue weighted by atomic mass is 16.2. The fraction of sp³-hybridized carbons (Fsp3) is 0.643. The summed E-state index contributed by atoms with van der Waals surface area (Å²) in [6.07, 6.45) is 1.77. The maximum absolute atomic E-state index is 12.5. The van der Waals surface area contributed by atoms with E-state index in [1.165, 1.54) is 0 Å². The SMILES string of the molecule is CC(C)CN(CC(C)C)C(=O)c1cc(N)cn1C. The van der Waals surface area contributed by atoms with E-state index in [-0.39, 0.29) is 5.91 Å². The Morgan fingerprint density at radius 3 is 2.11 bits per heavy atom. The van der Waals surface area contributed by atoms with Crippen molar-refractivity contribution < 1.29 is 4.79 Å². The van der Waals surface area contributed by atoms with Gasteiger partial charge in [0, 0.05) is 26.3 Å². The number of hydrogen-bond donors (Lipinski definition) is 1. The quantitative estimate of drug-likeness (QED) is 0.873. The number of anilines is 1. The average Bonchev–Trinajstić information content (AvgIpc) is 2.54. The van der Waals surface area contributed by atoms with Crippen molar-refractivity contribution in [1.82, 2.24) is 9.47 Å². The zero-order chi connectivity index (χ0) is 13.9. The lowest BCUT2D eigenvalue weighted by Crippen LogP contribution is -2.37. The molecule has 0 bridgehead atoms. The van der Waals surface area contributed by atoms with Crippen LogP contribution in [0.4, 0.5) is 5.69 Å². The Labute approximate surface area is 110 Å². The van der Waals surface area contributed by atoms with E-state index in [4.69, 9.17) is 5.73 Å². The fourth-order valence-electron chi connectivity index (χ4n) is 2.09. The first-order chi connectivity index (χ1) is 8.31. The molecule has 0 aliphatic heterocycles. The highest BCUT2D eigenvalue weighted by Gasteiger charge is 2.20. The summed E-state index contributed by atoms with van der Waals surface area (Å²) in [5.74, 6) is 0.993. The van der Waals surface area contributed by atoms with Crippen molar-refractivity contribution in [2.24, 2.45) is 18.9 Å². The minimum Gasteiger partial charge on any atom is -0.397 e. The molecule has 1 amide bonds. The lowest BCUT2D eigenvalue weighted by molar-refractivity contribution is 0.0705. The Kier molecular flexibility index (Phi) is 4.82. The number of carbonyl (C=O) groups is 1. The molecule has 0 fully saturated rings. The van der Waals surface area contributed by atoms with Gasteiger partial charge < -0.3 is 15.2 Å². The summed E-state index contributed by atoms with van der Waals surface area (Å²) < 4.78 is 1.80. The van der Waals surface area contributed by atoms with Crippen LogP contribution in [0.1, 0.15) is 38.2 Å². The zero-order valence-electron chi connectivity index (χ0n) is 12.1. The number of nitrogens with two attached hydrogens (primary N) is 1. The van der Waals surface area contributed by atoms with Gasteiger partial charge in [0.25, 0.3) is 5.91 Å². The number of nitrogens with zero attached hydrogens (tertiary/aromatic N) is 2. The molecule has 2 N–H and O–H groups in total. The topological polar surface area (TPSA) is 51.3 Å². The van der Waals surface area contributed by atoms with E-state index in [2.05, 4.69) is 27.7 Å². The molecule has 0 unspecified atom stereocenters. The second kappa shape index (κ2) is 5.94. The fourth-order valence-corrected chi connectivity index (χ4v) is 2.09. The van der Waals surface area contributed by atoms with Gasteiger partial charge in [-0.3, -0.25) is 4.79 Å². The molecule has 4 nitrogen and oxygen atoms in total. The standard InChI is InChI=1S/C14H25N3O/c1-10(2)7-17(8-11(3)4)14(18)13-6-12(15)9-16(13)5/h6,9-11H,7-8,15H2,1-5H3. The Morgan fingerprint density at radius 1 is 1.28 bits per heavy atom. The predicted molar refractivity (Wildman–Crippen MR) is 75.4 cm³/mol. The molecule has 0 aliphatic rings. The lowest BCUT2D eigenvalue weighted by Gasteiger charge is -2.26.